The third-order valence-corrected chi connectivity index (χ3v) is 5.78. The molecular weight excluding hydrogens is 335 g/mol. The van der Waals surface area contributed by atoms with Gasteiger partial charge in [-0.3, -0.25) is 0 Å². The van der Waals surface area contributed by atoms with Gasteiger partial charge in [-0.15, -0.1) is 0 Å². The molecule has 0 aliphatic heterocycles. The molecule has 0 unspecified atom stereocenters. The molecule has 0 heterocycles. The van der Waals surface area contributed by atoms with E-state index in [0.29, 0.717) is 0 Å². The SMILES string of the molecule is ClC1=C(/C=C/C2=C(Cl)c3ccccc3CC2)CCc2ccccc21. The normalized spacial score (nSPS) is 17.2. The first-order chi connectivity index (χ1) is 11.7. The van der Waals surface area contributed by atoms with Crippen molar-refractivity contribution < 1.29 is 0 Å². The molecule has 120 valence electrons. The summed E-state index contributed by atoms with van der Waals surface area (Å²) >= 11 is 13.3. The first kappa shape index (κ1) is 15.7. The summed E-state index contributed by atoms with van der Waals surface area (Å²) in [6, 6.07) is 16.8. The molecule has 0 radical (unpaired) electrons. The predicted molar refractivity (Wildman–Crippen MR) is 104 cm³/mol. The molecule has 0 atom stereocenters. The predicted octanol–water partition coefficient (Wildman–Crippen LogP) is 6.74. The van der Waals surface area contributed by atoms with E-state index in [1.165, 1.54) is 33.4 Å². The van der Waals surface area contributed by atoms with E-state index in [2.05, 4.69) is 48.6 Å². The molecule has 2 aromatic carbocycles. The molecule has 0 saturated carbocycles. The van der Waals surface area contributed by atoms with Gasteiger partial charge in [-0.25, -0.2) is 0 Å². The zero-order valence-electron chi connectivity index (χ0n) is 13.4. The number of halogens is 2. The fraction of sp³-hybridized carbons (Fsp3) is 0.182. The van der Waals surface area contributed by atoms with Crippen molar-refractivity contribution >= 4 is 33.3 Å². The van der Waals surface area contributed by atoms with Crippen molar-refractivity contribution in [3.8, 4) is 0 Å². The minimum Gasteiger partial charge on any atom is -0.0834 e. The highest BCUT2D eigenvalue weighted by molar-refractivity contribution is 6.50. The Kier molecular flexibility index (Phi) is 4.35. The maximum absolute atomic E-state index is 6.63. The molecule has 0 saturated heterocycles. The van der Waals surface area contributed by atoms with Gasteiger partial charge in [-0.05, 0) is 59.1 Å². The van der Waals surface area contributed by atoms with Crippen molar-refractivity contribution in [2.24, 2.45) is 0 Å². The van der Waals surface area contributed by atoms with Crippen molar-refractivity contribution in [2.75, 3.05) is 0 Å². The summed E-state index contributed by atoms with van der Waals surface area (Å²) in [5.41, 5.74) is 7.41. The molecule has 0 N–H and O–H groups in total. The highest BCUT2D eigenvalue weighted by atomic mass is 35.5. The van der Waals surface area contributed by atoms with Crippen LogP contribution in [0.4, 0.5) is 0 Å². The molecule has 0 nitrogen and oxygen atoms in total. The minimum atomic E-state index is 0.876. The molecule has 2 aromatic rings. The van der Waals surface area contributed by atoms with Gasteiger partial charge in [-0.1, -0.05) is 83.9 Å². The van der Waals surface area contributed by atoms with Crippen LogP contribution in [-0.2, 0) is 12.8 Å². The fourth-order valence-corrected chi connectivity index (χ4v) is 4.21. The number of rotatable bonds is 2. The second kappa shape index (κ2) is 6.63. The van der Waals surface area contributed by atoms with Gasteiger partial charge in [0.05, 0.1) is 10.1 Å². The highest BCUT2D eigenvalue weighted by Crippen LogP contribution is 2.37. The lowest BCUT2D eigenvalue weighted by molar-refractivity contribution is 0.936. The quantitative estimate of drug-likeness (QED) is 0.561. The van der Waals surface area contributed by atoms with Gasteiger partial charge in [-0.2, -0.15) is 0 Å². The Hall–Kier alpha value is -1.76. The first-order valence-corrected chi connectivity index (χ1v) is 9.11. The Balaban J connectivity index is 1.67. The third-order valence-electron chi connectivity index (χ3n) is 4.88. The Bertz CT molecular complexity index is 811. The maximum Gasteiger partial charge on any atom is 0.0513 e. The van der Waals surface area contributed by atoms with Crippen LogP contribution in [0, 0.1) is 0 Å². The van der Waals surface area contributed by atoms with Crippen LogP contribution in [0.2, 0.25) is 0 Å². The van der Waals surface area contributed by atoms with Crippen molar-refractivity contribution in [1.82, 2.24) is 0 Å². The van der Waals surface area contributed by atoms with Crippen LogP contribution < -0.4 is 0 Å². The molecule has 0 fully saturated rings. The number of aryl methyl sites for hydroxylation is 2. The largest absolute Gasteiger partial charge is 0.0834 e. The molecule has 4 rings (SSSR count). The lowest BCUT2D eigenvalue weighted by Crippen LogP contribution is -2.02. The zero-order valence-corrected chi connectivity index (χ0v) is 14.9. The lowest BCUT2D eigenvalue weighted by atomic mass is 9.89. The van der Waals surface area contributed by atoms with Crippen molar-refractivity contribution in [3.05, 3.63) is 94.1 Å². The summed E-state index contributed by atoms with van der Waals surface area (Å²) in [6.07, 6.45) is 8.36. The van der Waals surface area contributed by atoms with Gasteiger partial charge in [0.2, 0.25) is 0 Å². The van der Waals surface area contributed by atoms with E-state index >= 15 is 0 Å². The molecule has 0 spiro atoms. The summed E-state index contributed by atoms with van der Waals surface area (Å²) in [4.78, 5) is 0. The average Bonchev–Trinajstić information content (AvgIpc) is 2.63. The van der Waals surface area contributed by atoms with Gasteiger partial charge < -0.3 is 0 Å². The third kappa shape index (κ3) is 2.85. The molecular formula is C22H18Cl2. The molecule has 0 amide bonds. The summed E-state index contributed by atoms with van der Waals surface area (Å²) in [6.45, 7) is 0. The van der Waals surface area contributed by atoms with Crippen LogP contribution in [0.15, 0.2) is 71.8 Å². The topological polar surface area (TPSA) is 0 Å². The highest BCUT2D eigenvalue weighted by Gasteiger charge is 2.17. The monoisotopic (exact) mass is 352 g/mol. The van der Waals surface area contributed by atoms with Crippen LogP contribution in [0.3, 0.4) is 0 Å². The number of benzene rings is 2. The Morgan fingerprint density at radius 3 is 1.46 bits per heavy atom. The van der Waals surface area contributed by atoms with E-state index < -0.39 is 0 Å². The molecule has 2 heteroatoms. The molecule has 0 aromatic heterocycles. The van der Waals surface area contributed by atoms with Crippen LogP contribution >= 0.6 is 23.2 Å². The van der Waals surface area contributed by atoms with Crippen LogP contribution in [0.5, 0.6) is 0 Å². The van der Waals surface area contributed by atoms with Crippen LogP contribution in [0.1, 0.15) is 35.1 Å². The van der Waals surface area contributed by atoms with Crippen LogP contribution in [-0.4, -0.2) is 0 Å². The second-order valence-corrected chi connectivity index (χ2v) is 7.08. The van der Waals surface area contributed by atoms with Gasteiger partial charge in [0.1, 0.15) is 0 Å². The molecule has 24 heavy (non-hydrogen) atoms. The smallest absolute Gasteiger partial charge is 0.0513 e. The van der Waals surface area contributed by atoms with Crippen LogP contribution in [0.25, 0.3) is 10.1 Å². The zero-order chi connectivity index (χ0) is 16.5. The van der Waals surface area contributed by atoms with Gasteiger partial charge in [0.15, 0.2) is 0 Å². The summed E-state index contributed by atoms with van der Waals surface area (Å²) in [7, 11) is 0. The van der Waals surface area contributed by atoms with E-state index in [9.17, 15) is 0 Å². The van der Waals surface area contributed by atoms with Gasteiger partial charge in [0, 0.05) is 0 Å². The van der Waals surface area contributed by atoms with Gasteiger partial charge >= 0.3 is 0 Å². The second-order valence-electron chi connectivity index (χ2n) is 6.33. The minimum absolute atomic E-state index is 0.876. The number of hydrogen-bond donors (Lipinski definition) is 0. The fourth-order valence-electron chi connectivity index (χ4n) is 3.52. The first-order valence-electron chi connectivity index (χ1n) is 8.36. The van der Waals surface area contributed by atoms with E-state index in [0.717, 1.165) is 35.7 Å². The molecule has 0 bridgehead atoms. The standard InChI is InChI=1S/C22H18Cl2/c23-21-17(11-9-15-5-1-3-7-19(15)21)13-14-18-12-10-16-6-2-4-8-20(16)22(18)24/h1-8,13-14H,9-12H2/b14-13+. The Labute approximate surface area is 153 Å². The maximum atomic E-state index is 6.63. The van der Waals surface area contributed by atoms with E-state index in [4.69, 9.17) is 23.2 Å². The Morgan fingerprint density at radius 2 is 1.00 bits per heavy atom. The van der Waals surface area contributed by atoms with Crippen molar-refractivity contribution in [1.29, 1.82) is 0 Å². The summed E-state index contributed by atoms with van der Waals surface area (Å²) in [5.74, 6) is 0. The number of allylic oxidation sites excluding steroid dienone is 4. The van der Waals surface area contributed by atoms with E-state index in [1.54, 1.807) is 0 Å². The van der Waals surface area contributed by atoms with Crippen molar-refractivity contribution in [3.63, 3.8) is 0 Å². The number of hydrogen-bond acceptors (Lipinski definition) is 0. The summed E-state index contributed by atoms with van der Waals surface area (Å²) in [5, 5.41) is 1.75. The van der Waals surface area contributed by atoms with Crippen molar-refractivity contribution in [2.45, 2.75) is 25.7 Å². The molecule has 2 aliphatic rings. The van der Waals surface area contributed by atoms with Gasteiger partial charge in [0.25, 0.3) is 0 Å². The number of fused-ring (bicyclic) bond motifs is 2. The molecule has 2 aliphatic carbocycles. The Morgan fingerprint density at radius 1 is 0.583 bits per heavy atom. The summed E-state index contributed by atoms with van der Waals surface area (Å²) < 4.78 is 0. The average molecular weight is 353 g/mol. The van der Waals surface area contributed by atoms with E-state index in [-0.39, 0.29) is 0 Å². The lowest BCUT2D eigenvalue weighted by Gasteiger charge is -2.19. The van der Waals surface area contributed by atoms with E-state index in [1.807, 2.05) is 12.1 Å².